The first-order chi connectivity index (χ1) is 19.5. The number of nitrogens with zero attached hydrogens (tertiary/aromatic N) is 5. The molecule has 5 rings (SSSR count). The number of aromatic nitrogens is 4. The second-order valence-corrected chi connectivity index (χ2v) is 12.0. The maximum Gasteiger partial charge on any atom is 0.267 e. The summed E-state index contributed by atoms with van der Waals surface area (Å²) >= 11 is 6.10. The van der Waals surface area contributed by atoms with Crippen molar-refractivity contribution in [3.8, 4) is 17.1 Å². The van der Waals surface area contributed by atoms with Crippen LogP contribution in [0.3, 0.4) is 0 Å². The molecule has 13 heteroatoms. The Bertz CT molecular complexity index is 1690. The zero-order valence-corrected chi connectivity index (χ0v) is 24.2. The van der Waals surface area contributed by atoms with Crippen LogP contribution in [0.15, 0.2) is 59.8 Å². The van der Waals surface area contributed by atoms with Gasteiger partial charge in [-0.05, 0) is 37.1 Å². The molecule has 0 saturated carbocycles. The summed E-state index contributed by atoms with van der Waals surface area (Å²) in [5.41, 5.74) is 3.35. The largest absolute Gasteiger partial charge is 0.472 e. The van der Waals surface area contributed by atoms with Gasteiger partial charge in [0.15, 0.2) is 0 Å². The van der Waals surface area contributed by atoms with E-state index < -0.39 is 21.9 Å². The minimum atomic E-state index is -4.02. The van der Waals surface area contributed by atoms with Crippen molar-refractivity contribution < 1.29 is 22.3 Å². The number of benzene rings is 2. The van der Waals surface area contributed by atoms with E-state index in [1.807, 2.05) is 32.0 Å². The third kappa shape index (κ3) is 6.33. The second-order valence-electron chi connectivity index (χ2n) is 9.88. The Kier molecular flexibility index (Phi) is 7.96. The molecule has 4 aromatic rings. The number of hydrogen-bond donors (Lipinski definition) is 1. The zero-order chi connectivity index (χ0) is 29.3. The molecule has 0 bridgehead atoms. The lowest BCUT2D eigenvalue weighted by atomic mass is 10.00. The minimum Gasteiger partial charge on any atom is -0.472 e. The zero-order valence-electron chi connectivity index (χ0n) is 22.6. The Morgan fingerprint density at radius 3 is 2.59 bits per heavy atom. The van der Waals surface area contributed by atoms with Gasteiger partial charge >= 0.3 is 0 Å². The number of sulfonamides is 1. The molecule has 10 nitrogen and oxygen atoms in total. The van der Waals surface area contributed by atoms with Crippen LogP contribution in [-0.2, 0) is 28.3 Å². The molecule has 1 N–H and O–H groups in total. The second kappa shape index (κ2) is 11.5. The van der Waals surface area contributed by atoms with Gasteiger partial charge in [0.1, 0.15) is 16.8 Å². The topological polar surface area (TPSA) is 119 Å². The molecule has 2 aromatic carbocycles. The SMILES string of the molecule is Cc1cccc(C)c1-c1cc(OC2CCN(C(=O)Cc3c(F)cccc3Cl)C2)nc(NS(=O)(=O)c2cnn(C)c2)n1. The summed E-state index contributed by atoms with van der Waals surface area (Å²) in [6.45, 7) is 4.54. The molecule has 0 radical (unpaired) electrons. The molecule has 1 amide bonds. The Labute approximate surface area is 242 Å². The number of likely N-dealkylation sites (tertiary alicyclic amines) is 1. The molecule has 0 aliphatic carbocycles. The van der Waals surface area contributed by atoms with Gasteiger partial charge in [-0.1, -0.05) is 35.9 Å². The van der Waals surface area contributed by atoms with Gasteiger partial charge in [-0.3, -0.25) is 9.48 Å². The van der Waals surface area contributed by atoms with E-state index >= 15 is 0 Å². The van der Waals surface area contributed by atoms with Crippen molar-refractivity contribution in [3.05, 3.63) is 82.4 Å². The number of rotatable bonds is 8. The predicted octanol–water partition coefficient (Wildman–Crippen LogP) is 4.31. The van der Waals surface area contributed by atoms with Crippen LogP contribution < -0.4 is 9.46 Å². The summed E-state index contributed by atoms with van der Waals surface area (Å²) in [6, 6.07) is 11.8. The highest BCUT2D eigenvalue weighted by Crippen LogP contribution is 2.30. The Hall–Kier alpha value is -4.03. The highest BCUT2D eigenvalue weighted by atomic mass is 35.5. The summed E-state index contributed by atoms with van der Waals surface area (Å²) in [5.74, 6) is -0.812. The number of anilines is 1. The molecule has 214 valence electrons. The Morgan fingerprint density at radius 2 is 1.90 bits per heavy atom. The maximum absolute atomic E-state index is 14.2. The quantitative estimate of drug-likeness (QED) is 0.321. The molecular weight excluding hydrogens is 571 g/mol. The van der Waals surface area contributed by atoms with Gasteiger partial charge in [-0.25, -0.2) is 22.5 Å². The van der Waals surface area contributed by atoms with E-state index in [4.69, 9.17) is 16.3 Å². The van der Waals surface area contributed by atoms with Crippen molar-refractivity contribution in [1.29, 1.82) is 0 Å². The number of hydrogen-bond acceptors (Lipinski definition) is 7. The third-order valence-electron chi connectivity index (χ3n) is 6.83. The smallest absolute Gasteiger partial charge is 0.267 e. The van der Waals surface area contributed by atoms with Gasteiger partial charge in [0, 0.05) is 48.4 Å². The fraction of sp³-hybridized carbons (Fsp3) is 0.286. The highest BCUT2D eigenvalue weighted by Gasteiger charge is 2.29. The summed E-state index contributed by atoms with van der Waals surface area (Å²) in [5, 5.41) is 4.13. The van der Waals surface area contributed by atoms with Crippen LogP contribution in [0.5, 0.6) is 5.88 Å². The number of nitrogens with one attached hydrogen (secondary N) is 1. The van der Waals surface area contributed by atoms with E-state index in [1.54, 1.807) is 24.1 Å². The normalized spacial score (nSPS) is 15.2. The van der Waals surface area contributed by atoms with Gasteiger partial charge in [0.05, 0.1) is 24.9 Å². The molecule has 1 fully saturated rings. The van der Waals surface area contributed by atoms with Crippen LogP contribution in [0, 0.1) is 19.7 Å². The van der Waals surface area contributed by atoms with Crippen LogP contribution >= 0.6 is 11.6 Å². The average molecular weight is 599 g/mol. The average Bonchev–Trinajstić information content (AvgIpc) is 3.55. The molecule has 2 aromatic heterocycles. The van der Waals surface area contributed by atoms with Crippen LogP contribution in [-0.4, -0.2) is 58.2 Å². The van der Waals surface area contributed by atoms with Crippen LogP contribution in [0.4, 0.5) is 10.3 Å². The minimum absolute atomic E-state index is 0.0385. The standard InChI is InChI=1S/C28H28ClFN6O4S/c1-17-6-4-7-18(2)27(17)24-13-25(33-28(32-24)34-41(38,39)20-14-31-35(3)16-20)40-19-10-11-36(15-19)26(37)12-21-22(29)8-5-9-23(21)30/h4-9,13-14,16,19H,10-12,15H2,1-3H3,(H,32,33,34). The molecule has 1 atom stereocenters. The monoisotopic (exact) mass is 598 g/mol. The molecule has 3 heterocycles. The molecule has 0 spiro atoms. The molecule has 1 aliphatic heterocycles. The molecule has 1 saturated heterocycles. The first-order valence-electron chi connectivity index (χ1n) is 12.8. The fourth-order valence-electron chi connectivity index (χ4n) is 4.78. The van der Waals surface area contributed by atoms with Crippen molar-refractivity contribution in [1.82, 2.24) is 24.6 Å². The predicted molar refractivity (Wildman–Crippen MR) is 152 cm³/mol. The summed E-state index contributed by atoms with van der Waals surface area (Å²) < 4.78 is 50.2. The molecule has 1 unspecified atom stereocenters. The van der Waals surface area contributed by atoms with E-state index in [0.717, 1.165) is 16.7 Å². The Balaban J connectivity index is 1.39. The number of aryl methyl sites for hydroxylation is 3. The van der Waals surface area contributed by atoms with Crippen molar-refractivity contribution in [2.75, 3.05) is 17.8 Å². The summed E-state index contributed by atoms with van der Waals surface area (Å²) in [7, 11) is -2.41. The molecule has 1 aliphatic rings. The van der Waals surface area contributed by atoms with Crippen LogP contribution in [0.1, 0.15) is 23.1 Å². The maximum atomic E-state index is 14.2. The van der Waals surface area contributed by atoms with Gasteiger partial charge in [0.2, 0.25) is 17.7 Å². The van der Waals surface area contributed by atoms with Crippen LogP contribution in [0.2, 0.25) is 5.02 Å². The van der Waals surface area contributed by atoms with E-state index in [2.05, 4.69) is 19.8 Å². The van der Waals surface area contributed by atoms with Crippen molar-refractivity contribution in [2.45, 2.75) is 37.7 Å². The Morgan fingerprint density at radius 1 is 1.17 bits per heavy atom. The third-order valence-corrected chi connectivity index (χ3v) is 8.47. The van der Waals surface area contributed by atoms with Gasteiger partial charge in [-0.2, -0.15) is 10.1 Å². The van der Waals surface area contributed by atoms with Crippen molar-refractivity contribution >= 4 is 33.5 Å². The van der Waals surface area contributed by atoms with E-state index in [-0.39, 0.29) is 46.2 Å². The first-order valence-corrected chi connectivity index (χ1v) is 14.7. The lowest BCUT2D eigenvalue weighted by Crippen LogP contribution is -2.32. The van der Waals surface area contributed by atoms with Gasteiger partial charge < -0.3 is 9.64 Å². The number of halogens is 2. The van der Waals surface area contributed by atoms with Crippen molar-refractivity contribution in [2.24, 2.45) is 7.05 Å². The summed E-state index contributed by atoms with van der Waals surface area (Å²) in [4.78, 5) is 23.3. The first kappa shape index (κ1) is 28.5. The van der Waals surface area contributed by atoms with Gasteiger partial charge in [-0.15, -0.1) is 0 Å². The number of carbonyl (C=O) groups is 1. The van der Waals surface area contributed by atoms with E-state index in [9.17, 15) is 17.6 Å². The molecule has 41 heavy (non-hydrogen) atoms. The fourth-order valence-corrected chi connectivity index (χ4v) is 5.94. The number of amides is 1. The summed E-state index contributed by atoms with van der Waals surface area (Å²) in [6.07, 6.45) is 2.53. The lowest BCUT2D eigenvalue weighted by molar-refractivity contribution is -0.129. The van der Waals surface area contributed by atoms with Crippen molar-refractivity contribution in [3.63, 3.8) is 0 Å². The lowest BCUT2D eigenvalue weighted by Gasteiger charge is -2.18. The molecular formula is C28H28ClFN6O4S. The number of carbonyl (C=O) groups excluding carboxylic acids is 1. The van der Waals surface area contributed by atoms with Crippen LogP contribution in [0.25, 0.3) is 11.3 Å². The van der Waals surface area contributed by atoms with E-state index in [0.29, 0.717) is 18.7 Å². The number of ether oxygens (including phenoxy) is 1. The van der Waals surface area contributed by atoms with E-state index in [1.165, 1.54) is 29.2 Å². The van der Waals surface area contributed by atoms with Gasteiger partial charge in [0.25, 0.3) is 10.0 Å². The highest BCUT2D eigenvalue weighted by molar-refractivity contribution is 7.92.